The van der Waals surface area contributed by atoms with Gasteiger partial charge in [0, 0.05) is 45.3 Å². The molecule has 0 aromatic carbocycles. The number of nitrogens with one attached hydrogen (secondary N) is 1. The summed E-state index contributed by atoms with van der Waals surface area (Å²) in [7, 11) is 2.16. The zero-order valence-electron chi connectivity index (χ0n) is 14.4. The molecule has 122 valence electrons. The Morgan fingerprint density at radius 1 is 0.952 bits per heavy atom. The topological polar surface area (TPSA) is 18.5 Å². The van der Waals surface area contributed by atoms with Crippen LogP contribution in [-0.4, -0.2) is 62.2 Å². The van der Waals surface area contributed by atoms with Crippen molar-refractivity contribution in [1.82, 2.24) is 15.1 Å². The largest absolute Gasteiger partial charge is 0.316 e. The molecule has 2 saturated carbocycles. The molecule has 3 heteroatoms. The van der Waals surface area contributed by atoms with Crippen LogP contribution in [0.4, 0.5) is 0 Å². The molecular weight excluding hydrogens is 258 g/mol. The molecule has 0 spiro atoms. The summed E-state index contributed by atoms with van der Waals surface area (Å²) >= 11 is 0. The normalized spacial score (nSPS) is 35.0. The third kappa shape index (κ3) is 4.00. The van der Waals surface area contributed by atoms with Gasteiger partial charge in [-0.1, -0.05) is 20.3 Å². The summed E-state index contributed by atoms with van der Waals surface area (Å²) in [5, 5.41) is 3.64. The van der Waals surface area contributed by atoms with E-state index in [0.29, 0.717) is 11.5 Å². The Hall–Kier alpha value is -0.120. The fourth-order valence-corrected chi connectivity index (χ4v) is 4.75. The van der Waals surface area contributed by atoms with Crippen LogP contribution in [0.15, 0.2) is 0 Å². The zero-order valence-corrected chi connectivity index (χ0v) is 14.4. The Balaban J connectivity index is 1.47. The molecule has 0 amide bonds. The molecule has 1 N–H and O–H groups in total. The van der Waals surface area contributed by atoms with Crippen LogP contribution in [0.3, 0.4) is 0 Å². The maximum atomic E-state index is 3.64. The summed E-state index contributed by atoms with van der Waals surface area (Å²) in [5.74, 6) is 1.89. The molecule has 0 aromatic heterocycles. The lowest BCUT2D eigenvalue weighted by molar-refractivity contribution is 0.0595. The van der Waals surface area contributed by atoms with Gasteiger partial charge in [-0.15, -0.1) is 0 Å². The SMILES string of the molecule is CNC1C(CN2CCN(CC3CC3)CC2)CCCC1(C)C. The first-order valence-electron chi connectivity index (χ1n) is 9.20. The van der Waals surface area contributed by atoms with E-state index in [1.807, 2.05) is 0 Å². The summed E-state index contributed by atoms with van der Waals surface area (Å²) in [6.07, 6.45) is 7.18. The summed E-state index contributed by atoms with van der Waals surface area (Å²) in [6.45, 7) is 12.8. The van der Waals surface area contributed by atoms with Gasteiger partial charge in [-0.05, 0) is 50.0 Å². The summed E-state index contributed by atoms with van der Waals surface area (Å²) in [4.78, 5) is 5.44. The Bertz CT molecular complexity index is 329. The van der Waals surface area contributed by atoms with E-state index in [1.54, 1.807) is 0 Å². The molecule has 3 nitrogen and oxygen atoms in total. The molecule has 1 aliphatic heterocycles. The van der Waals surface area contributed by atoms with E-state index >= 15 is 0 Å². The number of rotatable bonds is 5. The highest BCUT2D eigenvalue weighted by Gasteiger charge is 2.38. The van der Waals surface area contributed by atoms with Crippen LogP contribution < -0.4 is 5.32 Å². The lowest BCUT2D eigenvalue weighted by Gasteiger charge is -2.46. The first-order valence-corrected chi connectivity index (χ1v) is 9.20. The van der Waals surface area contributed by atoms with Crippen molar-refractivity contribution in [3.63, 3.8) is 0 Å². The highest BCUT2D eigenvalue weighted by atomic mass is 15.3. The average molecular weight is 293 g/mol. The molecule has 2 aliphatic carbocycles. The van der Waals surface area contributed by atoms with Crippen molar-refractivity contribution in [3.8, 4) is 0 Å². The summed E-state index contributed by atoms with van der Waals surface area (Å²) in [6, 6.07) is 0.691. The molecule has 2 atom stereocenters. The van der Waals surface area contributed by atoms with Crippen LogP contribution in [0.1, 0.15) is 46.0 Å². The van der Waals surface area contributed by atoms with Gasteiger partial charge >= 0.3 is 0 Å². The molecule has 3 rings (SSSR count). The molecule has 3 aliphatic rings. The van der Waals surface area contributed by atoms with Crippen LogP contribution in [-0.2, 0) is 0 Å². The van der Waals surface area contributed by atoms with Gasteiger partial charge in [-0.3, -0.25) is 0 Å². The highest BCUT2D eigenvalue weighted by molar-refractivity contribution is 4.94. The standard InChI is InChI=1S/C18H35N3/c1-18(2)8-4-5-16(17(18)19-3)14-21-11-9-20(10-12-21)13-15-6-7-15/h15-17,19H,4-14H2,1-3H3. The van der Waals surface area contributed by atoms with Crippen molar-refractivity contribution < 1.29 is 0 Å². The molecule has 3 fully saturated rings. The predicted octanol–water partition coefficient (Wildman–Crippen LogP) is 2.43. The van der Waals surface area contributed by atoms with Gasteiger partial charge in [0.2, 0.25) is 0 Å². The third-order valence-electron chi connectivity index (χ3n) is 6.19. The quantitative estimate of drug-likeness (QED) is 0.840. The fourth-order valence-electron chi connectivity index (χ4n) is 4.75. The molecule has 1 heterocycles. The Morgan fingerprint density at radius 3 is 2.14 bits per heavy atom. The Labute approximate surface area is 131 Å². The second-order valence-corrected chi connectivity index (χ2v) is 8.45. The molecule has 21 heavy (non-hydrogen) atoms. The molecule has 0 radical (unpaired) electrons. The fraction of sp³-hybridized carbons (Fsp3) is 1.00. The Morgan fingerprint density at radius 2 is 1.57 bits per heavy atom. The van der Waals surface area contributed by atoms with Crippen LogP contribution in [0.25, 0.3) is 0 Å². The van der Waals surface area contributed by atoms with E-state index in [2.05, 4.69) is 36.0 Å². The maximum Gasteiger partial charge on any atom is 0.0156 e. The van der Waals surface area contributed by atoms with Gasteiger partial charge < -0.3 is 15.1 Å². The summed E-state index contributed by atoms with van der Waals surface area (Å²) in [5.41, 5.74) is 0.464. The minimum atomic E-state index is 0.464. The van der Waals surface area contributed by atoms with Gasteiger partial charge in [0.25, 0.3) is 0 Å². The zero-order chi connectivity index (χ0) is 14.9. The van der Waals surface area contributed by atoms with Crippen molar-refractivity contribution in [2.45, 2.75) is 52.0 Å². The number of hydrogen-bond donors (Lipinski definition) is 1. The minimum Gasteiger partial charge on any atom is -0.316 e. The van der Waals surface area contributed by atoms with Crippen LogP contribution in [0, 0.1) is 17.3 Å². The van der Waals surface area contributed by atoms with Gasteiger partial charge in [0.05, 0.1) is 0 Å². The number of hydrogen-bond acceptors (Lipinski definition) is 3. The maximum absolute atomic E-state index is 3.64. The number of piperazine rings is 1. The molecule has 1 saturated heterocycles. The van der Waals surface area contributed by atoms with Crippen molar-refractivity contribution in [3.05, 3.63) is 0 Å². The van der Waals surface area contributed by atoms with Gasteiger partial charge in [-0.2, -0.15) is 0 Å². The first-order chi connectivity index (χ1) is 10.1. The van der Waals surface area contributed by atoms with E-state index in [-0.39, 0.29) is 0 Å². The van der Waals surface area contributed by atoms with Crippen LogP contribution in [0.5, 0.6) is 0 Å². The van der Waals surface area contributed by atoms with Gasteiger partial charge in [0.15, 0.2) is 0 Å². The van der Waals surface area contributed by atoms with Gasteiger partial charge in [0.1, 0.15) is 0 Å². The predicted molar refractivity (Wildman–Crippen MR) is 89.6 cm³/mol. The molecule has 0 bridgehead atoms. The molecule has 2 unspecified atom stereocenters. The smallest absolute Gasteiger partial charge is 0.0156 e. The van der Waals surface area contributed by atoms with Crippen molar-refractivity contribution in [2.75, 3.05) is 46.3 Å². The Kier molecular flexibility index (Phi) is 4.92. The van der Waals surface area contributed by atoms with Crippen LogP contribution >= 0.6 is 0 Å². The summed E-state index contributed by atoms with van der Waals surface area (Å²) < 4.78 is 0. The lowest BCUT2D eigenvalue weighted by Crippen LogP contribution is -2.54. The first kappa shape index (κ1) is 15.8. The van der Waals surface area contributed by atoms with Gasteiger partial charge in [-0.25, -0.2) is 0 Å². The van der Waals surface area contributed by atoms with Crippen molar-refractivity contribution >= 4 is 0 Å². The number of nitrogens with zero attached hydrogens (tertiary/aromatic N) is 2. The van der Waals surface area contributed by atoms with Crippen LogP contribution in [0.2, 0.25) is 0 Å². The second-order valence-electron chi connectivity index (χ2n) is 8.45. The van der Waals surface area contributed by atoms with E-state index in [4.69, 9.17) is 0 Å². The second kappa shape index (κ2) is 6.55. The van der Waals surface area contributed by atoms with E-state index in [0.717, 1.165) is 11.8 Å². The van der Waals surface area contributed by atoms with E-state index in [9.17, 15) is 0 Å². The van der Waals surface area contributed by atoms with Crippen molar-refractivity contribution in [1.29, 1.82) is 0 Å². The highest BCUT2D eigenvalue weighted by Crippen LogP contribution is 2.39. The van der Waals surface area contributed by atoms with E-state index < -0.39 is 0 Å². The van der Waals surface area contributed by atoms with E-state index in [1.165, 1.54) is 71.4 Å². The minimum absolute atomic E-state index is 0.464. The monoisotopic (exact) mass is 293 g/mol. The average Bonchev–Trinajstić information content (AvgIpc) is 3.24. The third-order valence-corrected chi connectivity index (χ3v) is 6.19. The molecule has 0 aromatic rings. The molecular formula is C18H35N3. The lowest BCUT2D eigenvalue weighted by atomic mass is 9.68. The van der Waals surface area contributed by atoms with Crippen molar-refractivity contribution in [2.24, 2.45) is 17.3 Å².